The van der Waals surface area contributed by atoms with Crippen molar-refractivity contribution in [2.45, 2.75) is 32.1 Å². The molecule has 0 N–H and O–H groups in total. The maximum atomic E-state index is 12.7. The SMILES string of the molecule is CCCC(C)C(Cl)c1ccc(F)cc1. The van der Waals surface area contributed by atoms with Crippen LogP contribution < -0.4 is 0 Å². The maximum Gasteiger partial charge on any atom is 0.123 e. The molecule has 0 aliphatic rings. The summed E-state index contributed by atoms with van der Waals surface area (Å²) < 4.78 is 12.7. The summed E-state index contributed by atoms with van der Waals surface area (Å²) >= 11 is 6.27. The van der Waals surface area contributed by atoms with Crippen molar-refractivity contribution in [3.63, 3.8) is 0 Å². The minimum Gasteiger partial charge on any atom is -0.207 e. The van der Waals surface area contributed by atoms with Gasteiger partial charge in [0.2, 0.25) is 0 Å². The second-order valence-corrected chi connectivity index (χ2v) is 4.19. The molecule has 0 nitrogen and oxygen atoms in total. The maximum absolute atomic E-state index is 12.7. The van der Waals surface area contributed by atoms with Gasteiger partial charge in [-0.3, -0.25) is 0 Å². The van der Waals surface area contributed by atoms with E-state index in [0.29, 0.717) is 5.92 Å². The molecular weight excluding hydrogens is 199 g/mol. The highest BCUT2D eigenvalue weighted by molar-refractivity contribution is 6.20. The number of hydrogen-bond acceptors (Lipinski definition) is 0. The number of rotatable bonds is 4. The van der Waals surface area contributed by atoms with Crippen molar-refractivity contribution in [3.05, 3.63) is 35.6 Å². The smallest absolute Gasteiger partial charge is 0.123 e. The molecule has 0 amide bonds. The molecule has 2 heteroatoms. The van der Waals surface area contributed by atoms with Crippen LogP contribution in [0, 0.1) is 11.7 Å². The summed E-state index contributed by atoms with van der Waals surface area (Å²) in [4.78, 5) is 0. The largest absolute Gasteiger partial charge is 0.207 e. The van der Waals surface area contributed by atoms with E-state index in [4.69, 9.17) is 11.6 Å². The molecule has 0 aliphatic carbocycles. The Bertz CT molecular complexity index is 268. The second kappa shape index (κ2) is 5.35. The zero-order valence-corrected chi connectivity index (χ0v) is 9.39. The third-order valence-corrected chi connectivity index (χ3v) is 3.11. The summed E-state index contributed by atoms with van der Waals surface area (Å²) in [6.07, 6.45) is 2.23. The van der Waals surface area contributed by atoms with Crippen LogP contribution in [0.2, 0.25) is 0 Å². The van der Waals surface area contributed by atoms with E-state index in [1.54, 1.807) is 12.1 Å². The first-order valence-corrected chi connectivity index (χ1v) is 5.48. The fourth-order valence-corrected chi connectivity index (χ4v) is 1.85. The van der Waals surface area contributed by atoms with Gasteiger partial charge in [0.25, 0.3) is 0 Å². The molecule has 1 aromatic rings. The van der Waals surface area contributed by atoms with Crippen LogP contribution in [0.3, 0.4) is 0 Å². The Morgan fingerprint density at radius 3 is 2.36 bits per heavy atom. The highest BCUT2D eigenvalue weighted by Gasteiger charge is 2.15. The number of hydrogen-bond donors (Lipinski definition) is 0. The van der Waals surface area contributed by atoms with Crippen LogP contribution in [0.15, 0.2) is 24.3 Å². The van der Waals surface area contributed by atoms with Gasteiger partial charge in [-0.25, -0.2) is 4.39 Å². The summed E-state index contributed by atoms with van der Waals surface area (Å²) in [5.74, 6) is 0.230. The second-order valence-electron chi connectivity index (χ2n) is 3.72. The summed E-state index contributed by atoms with van der Waals surface area (Å²) in [6.45, 7) is 4.27. The quantitative estimate of drug-likeness (QED) is 0.646. The minimum atomic E-state index is -0.208. The predicted molar refractivity (Wildman–Crippen MR) is 59.1 cm³/mol. The van der Waals surface area contributed by atoms with Crippen molar-refractivity contribution in [2.75, 3.05) is 0 Å². The van der Waals surface area contributed by atoms with Crippen molar-refractivity contribution in [2.24, 2.45) is 5.92 Å². The lowest BCUT2D eigenvalue weighted by Gasteiger charge is -2.17. The molecule has 1 aromatic carbocycles. The van der Waals surface area contributed by atoms with Crippen LogP contribution in [0.5, 0.6) is 0 Å². The van der Waals surface area contributed by atoms with Gasteiger partial charge in [0, 0.05) is 0 Å². The summed E-state index contributed by atoms with van der Waals surface area (Å²) in [5.41, 5.74) is 1.01. The van der Waals surface area contributed by atoms with E-state index in [0.717, 1.165) is 18.4 Å². The number of alkyl halides is 1. The molecule has 0 heterocycles. The molecule has 1 rings (SSSR count). The van der Waals surface area contributed by atoms with Crippen LogP contribution in [0.25, 0.3) is 0 Å². The Balaban J connectivity index is 2.68. The molecule has 2 unspecified atom stereocenters. The minimum absolute atomic E-state index is 0.00412. The Morgan fingerprint density at radius 2 is 1.86 bits per heavy atom. The van der Waals surface area contributed by atoms with E-state index in [9.17, 15) is 4.39 Å². The van der Waals surface area contributed by atoms with Crippen LogP contribution in [0.1, 0.15) is 37.6 Å². The zero-order valence-electron chi connectivity index (χ0n) is 8.63. The number of benzene rings is 1. The summed E-state index contributed by atoms with van der Waals surface area (Å²) in [5, 5.41) is -0.00412. The Labute approximate surface area is 90.1 Å². The van der Waals surface area contributed by atoms with E-state index in [2.05, 4.69) is 13.8 Å². The Morgan fingerprint density at radius 1 is 1.29 bits per heavy atom. The highest BCUT2D eigenvalue weighted by atomic mass is 35.5. The zero-order chi connectivity index (χ0) is 10.6. The van der Waals surface area contributed by atoms with Crippen LogP contribution in [-0.2, 0) is 0 Å². The van der Waals surface area contributed by atoms with Gasteiger partial charge in [0.05, 0.1) is 5.38 Å². The molecule has 14 heavy (non-hydrogen) atoms. The third kappa shape index (κ3) is 2.98. The topological polar surface area (TPSA) is 0 Å². The van der Waals surface area contributed by atoms with Crippen molar-refractivity contribution in [1.29, 1.82) is 0 Å². The van der Waals surface area contributed by atoms with E-state index < -0.39 is 0 Å². The fourth-order valence-electron chi connectivity index (χ4n) is 1.58. The highest BCUT2D eigenvalue weighted by Crippen LogP contribution is 2.31. The predicted octanol–water partition coefficient (Wildman–Crippen LogP) is 4.54. The van der Waals surface area contributed by atoms with Gasteiger partial charge in [-0.2, -0.15) is 0 Å². The van der Waals surface area contributed by atoms with Gasteiger partial charge in [0.15, 0.2) is 0 Å². The van der Waals surface area contributed by atoms with Crippen LogP contribution >= 0.6 is 11.6 Å². The van der Waals surface area contributed by atoms with Gasteiger partial charge in [-0.15, -0.1) is 11.6 Å². The summed E-state index contributed by atoms with van der Waals surface area (Å²) in [6, 6.07) is 6.45. The average Bonchev–Trinajstić information content (AvgIpc) is 2.18. The lowest BCUT2D eigenvalue weighted by atomic mass is 9.96. The molecule has 0 saturated carbocycles. The van der Waals surface area contributed by atoms with Crippen LogP contribution in [-0.4, -0.2) is 0 Å². The Hall–Kier alpha value is -0.560. The van der Waals surface area contributed by atoms with Gasteiger partial charge in [0.1, 0.15) is 5.82 Å². The monoisotopic (exact) mass is 214 g/mol. The van der Waals surface area contributed by atoms with Crippen molar-refractivity contribution in [1.82, 2.24) is 0 Å². The molecule has 0 radical (unpaired) electrons. The van der Waals surface area contributed by atoms with Crippen molar-refractivity contribution >= 4 is 11.6 Å². The van der Waals surface area contributed by atoms with Gasteiger partial charge in [-0.1, -0.05) is 32.4 Å². The van der Waals surface area contributed by atoms with E-state index in [-0.39, 0.29) is 11.2 Å². The lowest BCUT2D eigenvalue weighted by molar-refractivity contribution is 0.507. The first-order chi connectivity index (χ1) is 6.65. The molecular formula is C12H16ClF. The molecule has 78 valence electrons. The average molecular weight is 215 g/mol. The molecule has 0 bridgehead atoms. The molecule has 2 atom stereocenters. The van der Waals surface area contributed by atoms with Gasteiger partial charge < -0.3 is 0 Å². The molecule has 0 aromatic heterocycles. The first-order valence-electron chi connectivity index (χ1n) is 5.04. The molecule has 0 spiro atoms. The van der Waals surface area contributed by atoms with E-state index in [1.165, 1.54) is 12.1 Å². The van der Waals surface area contributed by atoms with Gasteiger partial charge in [-0.05, 0) is 30.0 Å². The van der Waals surface area contributed by atoms with Crippen molar-refractivity contribution in [3.8, 4) is 0 Å². The lowest BCUT2D eigenvalue weighted by Crippen LogP contribution is -2.03. The molecule has 0 aliphatic heterocycles. The van der Waals surface area contributed by atoms with Gasteiger partial charge >= 0.3 is 0 Å². The Kier molecular flexibility index (Phi) is 4.40. The number of halogens is 2. The van der Waals surface area contributed by atoms with E-state index >= 15 is 0 Å². The third-order valence-electron chi connectivity index (χ3n) is 2.43. The fraction of sp³-hybridized carbons (Fsp3) is 0.500. The normalized spacial score (nSPS) is 15.1. The van der Waals surface area contributed by atoms with E-state index in [1.807, 2.05) is 0 Å². The summed E-state index contributed by atoms with van der Waals surface area (Å²) in [7, 11) is 0. The molecule has 0 fully saturated rings. The molecule has 0 saturated heterocycles. The standard InChI is InChI=1S/C12H16ClF/c1-3-4-9(2)12(13)10-5-7-11(14)8-6-10/h5-9,12H,3-4H2,1-2H3. The van der Waals surface area contributed by atoms with Crippen LogP contribution in [0.4, 0.5) is 4.39 Å². The first kappa shape index (κ1) is 11.5. The van der Waals surface area contributed by atoms with Crippen molar-refractivity contribution < 1.29 is 4.39 Å².